The summed E-state index contributed by atoms with van der Waals surface area (Å²) in [7, 11) is 0. The van der Waals surface area contributed by atoms with Crippen LogP contribution in [0.5, 0.6) is 0 Å². The topological polar surface area (TPSA) is 23.0 Å². The van der Waals surface area contributed by atoms with E-state index in [2.05, 4.69) is 167 Å². The number of hydrogen-bond acceptors (Lipinski definition) is 1. The van der Waals surface area contributed by atoms with E-state index in [1.807, 2.05) is 0 Å². The summed E-state index contributed by atoms with van der Waals surface area (Å²) in [5.41, 5.74) is 14.9. The number of aromatic nitrogens is 2. The second kappa shape index (κ2) is 11.1. The first-order chi connectivity index (χ1) is 25.3. The molecule has 0 amide bonds. The lowest BCUT2D eigenvalue weighted by Crippen LogP contribution is -2.03. The summed E-state index contributed by atoms with van der Waals surface area (Å²) in [6, 6.07) is 51.0. The number of furan rings is 1. The van der Waals surface area contributed by atoms with Gasteiger partial charge in [0.2, 0.25) is 0 Å². The van der Waals surface area contributed by atoms with Gasteiger partial charge < -0.3 is 13.6 Å². The molecule has 11 rings (SSSR count). The van der Waals surface area contributed by atoms with E-state index in [4.69, 9.17) is 4.42 Å². The fourth-order valence-corrected chi connectivity index (χ4v) is 8.73. The molecular weight excluding hydrogens is 621 g/mol. The lowest BCUT2D eigenvalue weighted by atomic mass is 9.97. The van der Waals surface area contributed by atoms with E-state index in [-0.39, 0.29) is 0 Å². The van der Waals surface area contributed by atoms with E-state index < -0.39 is 0 Å². The van der Waals surface area contributed by atoms with Crippen LogP contribution in [-0.4, -0.2) is 9.13 Å². The molecule has 0 spiro atoms. The average molecular weight is 655 g/mol. The number of nitrogens with zero attached hydrogens (tertiary/aromatic N) is 2. The maximum Gasteiger partial charge on any atom is 0.134 e. The molecule has 51 heavy (non-hydrogen) atoms. The Morgan fingerprint density at radius 3 is 1.90 bits per heavy atom. The van der Waals surface area contributed by atoms with Crippen LogP contribution >= 0.6 is 0 Å². The van der Waals surface area contributed by atoms with E-state index >= 15 is 0 Å². The molecule has 242 valence electrons. The van der Waals surface area contributed by atoms with Gasteiger partial charge in [0, 0.05) is 50.3 Å². The minimum atomic E-state index is 0.892. The number of rotatable bonds is 4. The van der Waals surface area contributed by atoms with Crippen LogP contribution in [0.2, 0.25) is 0 Å². The Bertz CT molecular complexity index is 2960. The first-order valence-electron chi connectivity index (χ1n) is 18.0. The zero-order chi connectivity index (χ0) is 33.5. The van der Waals surface area contributed by atoms with E-state index in [0.29, 0.717) is 0 Å². The molecule has 2 aliphatic carbocycles. The summed E-state index contributed by atoms with van der Waals surface area (Å²) in [5, 5.41) is 6.33. The standard InChI is InChI=1S/C48H34N2O/c1-2-11-31(12-3-1)32-13-10-14-35(27-32)49-44-19-8-5-16-38(44)41-28-33(22-25-45(41)49)34-21-24-39-37-15-4-7-18-43(37)50(46(39)29-34)36-23-26-48-42(30-36)40-17-6-9-20-47(40)51-48/h1-9,11-13,15-22,24-25,27-30H,10,14,23,26H2. The Balaban J connectivity index is 1.07. The van der Waals surface area contributed by atoms with Crippen molar-refractivity contribution in [2.75, 3.05) is 0 Å². The molecule has 2 aliphatic rings. The van der Waals surface area contributed by atoms with Crippen LogP contribution < -0.4 is 0 Å². The lowest BCUT2D eigenvalue weighted by Gasteiger charge is -2.18. The van der Waals surface area contributed by atoms with Crippen molar-refractivity contribution in [2.24, 2.45) is 0 Å². The first kappa shape index (κ1) is 28.5. The van der Waals surface area contributed by atoms with Crippen molar-refractivity contribution in [3.8, 4) is 11.1 Å². The molecule has 0 saturated carbocycles. The fraction of sp³-hybridized carbons (Fsp3) is 0.0833. The molecule has 9 aromatic rings. The van der Waals surface area contributed by atoms with Crippen LogP contribution in [0.4, 0.5) is 0 Å². The second-order valence-corrected chi connectivity index (χ2v) is 13.9. The van der Waals surface area contributed by atoms with E-state index in [9.17, 15) is 0 Å². The maximum atomic E-state index is 6.28. The molecule has 0 atom stereocenters. The Kier molecular flexibility index (Phi) is 6.20. The predicted molar refractivity (Wildman–Crippen MR) is 215 cm³/mol. The second-order valence-electron chi connectivity index (χ2n) is 13.9. The highest BCUT2D eigenvalue weighted by Gasteiger charge is 2.22. The van der Waals surface area contributed by atoms with E-state index in [1.165, 1.54) is 88.2 Å². The normalized spacial score (nSPS) is 14.7. The molecule has 6 aromatic carbocycles. The molecule has 0 fully saturated rings. The van der Waals surface area contributed by atoms with Crippen LogP contribution in [0.15, 0.2) is 156 Å². The number of para-hydroxylation sites is 3. The average Bonchev–Trinajstić information content (AvgIpc) is 3.85. The van der Waals surface area contributed by atoms with Crippen LogP contribution in [-0.2, 0) is 6.42 Å². The highest BCUT2D eigenvalue weighted by Crippen LogP contribution is 2.42. The number of fused-ring (bicyclic) bond motifs is 9. The predicted octanol–water partition coefficient (Wildman–Crippen LogP) is 13.0. The van der Waals surface area contributed by atoms with Crippen molar-refractivity contribution in [3.63, 3.8) is 0 Å². The summed E-state index contributed by atoms with van der Waals surface area (Å²) < 4.78 is 11.3. The number of allylic oxidation sites excluding steroid dienone is 5. The molecule has 3 heteroatoms. The molecule has 0 unspecified atom stereocenters. The van der Waals surface area contributed by atoms with Crippen LogP contribution in [0.3, 0.4) is 0 Å². The lowest BCUT2D eigenvalue weighted by molar-refractivity contribution is 0.546. The quantitative estimate of drug-likeness (QED) is 0.185. The number of benzene rings is 6. The smallest absolute Gasteiger partial charge is 0.134 e. The largest absolute Gasteiger partial charge is 0.460 e. The molecule has 0 aliphatic heterocycles. The summed E-state index contributed by atoms with van der Waals surface area (Å²) in [6.07, 6.45) is 11.0. The Labute approximate surface area is 295 Å². The summed E-state index contributed by atoms with van der Waals surface area (Å²) >= 11 is 0. The zero-order valence-electron chi connectivity index (χ0n) is 28.1. The third kappa shape index (κ3) is 4.38. The molecule has 0 saturated heterocycles. The van der Waals surface area contributed by atoms with Gasteiger partial charge in [-0.3, -0.25) is 0 Å². The van der Waals surface area contributed by atoms with Crippen LogP contribution in [0, 0.1) is 0 Å². The van der Waals surface area contributed by atoms with Gasteiger partial charge in [0.15, 0.2) is 0 Å². The van der Waals surface area contributed by atoms with Crippen molar-refractivity contribution in [3.05, 3.63) is 169 Å². The minimum absolute atomic E-state index is 0.892. The Morgan fingerprint density at radius 2 is 1.06 bits per heavy atom. The molecule has 3 aromatic heterocycles. The first-order valence-corrected chi connectivity index (χ1v) is 18.0. The van der Waals surface area contributed by atoms with Gasteiger partial charge in [0.05, 0.1) is 22.1 Å². The van der Waals surface area contributed by atoms with Crippen molar-refractivity contribution in [2.45, 2.75) is 25.7 Å². The van der Waals surface area contributed by atoms with E-state index in [1.54, 1.807) is 0 Å². The van der Waals surface area contributed by atoms with Crippen LogP contribution in [0.25, 0.3) is 88.8 Å². The van der Waals surface area contributed by atoms with Crippen molar-refractivity contribution in [1.82, 2.24) is 9.13 Å². The zero-order valence-corrected chi connectivity index (χ0v) is 28.1. The highest BCUT2D eigenvalue weighted by molar-refractivity contribution is 6.14. The molecule has 0 bridgehead atoms. The van der Waals surface area contributed by atoms with Crippen LogP contribution in [0.1, 0.15) is 36.1 Å². The van der Waals surface area contributed by atoms with Gasteiger partial charge in [0.1, 0.15) is 11.3 Å². The third-order valence-electron chi connectivity index (χ3n) is 11.1. The minimum Gasteiger partial charge on any atom is -0.460 e. The Hall–Kier alpha value is -6.32. The van der Waals surface area contributed by atoms with Gasteiger partial charge in [-0.25, -0.2) is 0 Å². The van der Waals surface area contributed by atoms with Crippen molar-refractivity contribution in [1.29, 1.82) is 0 Å². The van der Waals surface area contributed by atoms with E-state index in [0.717, 1.165) is 37.0 Å². The summed E-state index contributed by atoms with van der Waals surface area (Å²) in [6.45, 7) is 0. The molecular formula is C48H34N2O. The molecule has 3 heterocycles. The molecule has 0 radical (unpaired) electrons. The fourth-order valence-electron chi connectivity index (χ4n) is 8.73. The van der Waals surface area contributed by atoms with Gasteiger partial charge in [-0.05, 0) is 90.1 Å². The summed E-state index contributed by atoms with van der Waals surface area (Å²) in [4.78, 5) is 0. The van der Waals surface area contributed by atoms with Crippen molar-refractivity contribution < 1.29 is 4.42 Å². The number of aryl methyl sites for hydroxylation is 1. The monoisotopic (exact) mass is 654 g/mol. The van der Waals surface area contributed by atoms with Gasteiger partial charge in [-0.2, -0.15) is 0 Å². The number of hydrogen-bond donors (Lipinski definition) is 0. The molecule has 0 N–H and O–H groups in total. The highest BCUT2D eigenvalue weighted by atomic mass is 16.3. The third-order valence-corrected chi connectivity index (χ3v) is 11.1. The van der Waals surface area contributed by atoms with Crippen molar-refractivity contribution >= 4 is 77.6 Å². The maximum absolute atomic E-state index is 6.28. The van der Waals surface area contributed by atoms with Gasteiger partial charge in [0.25, 0.3) is 0 Å². The van der Waals surface area contributed by atoms with Gasteiger partial charge >= 0.3 is 0 Å². The van der Waals surface area contributed by atoms with Gasteiger partial charge in [-0.15, -0.1) is 0 Å². The Morgan fingerprint density at radius 1 is 0.431 bits per heavy atom. The SMILES string of the molecule is C1=C(c2ccccc2)C=C(n2c3ccccc3c3cc(-c4ccc5c6ccccc6n(C6=Cc7c(oc8ccccc78)CC6)c5c4)ccc32)CC1. The van der Waals surface area contributed by atoms with Gasteiger partial charge in [-0.1, -0.05) is 109 Å². The summed E-state index contributed by atoms with van der Waals surface area (Å²) in [5.74, 6) is 1.09. The molecule has 3 nitrogen and oxygen atoms in total.